The van der Waals surface area contributed by atoms with Crippen LogP contribution in [0.4, 0.5) is 0 Å². The van der Waals surface area contributed by atoms with Crippen LogP contribution in [0.2, 0.25) is 0 Å². The van der Waals surface area contributed by atoms with E-state index < -0.39 is 6.10 Å². The fourth-order valence-electron chi connectivity index (χ4n) is 3.72. The molecule has 0 spiro atoms. The van der Waals surface area contributed by atoms with Gasteiger partial charge in [-0.1, -0.05) is 57.2 Å². The number of unbranched alkanes of at least 4 members (excludes halogenated alkanes) is 1. The van der Waals surface area contributed by atoms with Gasteiger partial charge in [0.1, 0.15) is 5.78 Å². The first-order valence-electron chi connectivity index (χ1n) is 9.77. The van der Waals surface area contributed by atoms with E-state index in [9.17, 15) is 14.7 Å². The Bertz CT molecular complexity index is 667. The number of aliphatic hydroxyl groups excluding tert-OH is 1. The Morgan fingerprint density at radius 1 is 1.22 bits per heavy atom. The van der Waals surface area contributed by atoms with Gasteiger partial charge in [-0.05, 0) is 35.8 Å². The van der Waals surface area contributed by atoms with Crippen molar-refractivity contribution in [1.82, 2.24) is 0 Å². The molecule has 0 aliphatic heterocycles. The lowest BCUT2D eigenvalue weighted by Gasteiger charge is -2.23. The summed E-state index contributed by atoms with van der Waals surface area (Å²) in [4.78, 5) is 23.5. The van der Waals surface area contributed by atoms with Crippen LogP contribution in [0.25, 0.3) is 0 Å². The van der Waals surface area contributed by atoms with Crippen LogP contribution < -0.4 is 0 Å². The Morgan fingerprint density at radius 3 is 2.48 bits per heavy atom. The van der Waals surface area contributed by atoms with E-state index in [1.54, 1.807) is 0 Å². The van der Waals surface area contributed by atoms with E-state index in [1.807, 2.05) is 12.2 Å². The molecule has 0 heterocycles. The number of Topliss-reactive ketones (excluding diaryl/α,β-unsaturated/α-hetero) is 1. The Hall–Kier alpha value is -1.94. The number of allylic oxidation sites excluding steroid dienone is 2. The van der Waals surface area contributed by atoms with E-state index >= 15 is 0 Å². The van der Waals surface area contributed by atoms with Gasteiger partial charge in [0, 0.05) is 24.7 Å². The van der Waals surface area contributed by atoms with Crippen molar-refractivity contribution in [3.8, 4) is 0 Å². The van der Waals surface area contributed by atoms with Crippen LogP contribution in [0, 0.1) is 5.92 Å². The third-order valence-corrected chi connectivity index (χ3v) is 5.37. The molecule has 1 saturated carbocycles. The second kappa shape index (κ2) is 9.32. The SMILES string of the molecule is COC(=O)CCCC=CC[C@H]1C(=O)C[C@@H](O)[C@@H]1c1ccc(C(C)(C)C)cc1. The topological polar surface area (TPSA) is 63.6 Å². The van der Waals surface area contributed by atoms with Gasteiger partial charge in [0.2, 0.25) is 0 Å². The van der Waals surface area contributed by atoms with Gasteiger partial charge >= 0.3 is 5.97 Å². The summed E-state index contributed by atoms with van der Waals surface area (Å²) in [5.74, 6) is -0.397. The molecule has 1 aliphatic carbocycles. The third-order valence-electron chi connectivity index (χ3n) is 5.37. The number of ether oxygens (including phenoxy) is 1. The number of benzene rings is 1. The molecule has 2 rings (SSSR count). The summed E-state index contributed by atoms with van der Waals surface area (Å²) in [6.07, 6.45) is 6.19. The number of hydrogen-bond acceptors (Lipinski definition) is 4. The molecule has 0 saturated heterocycles. The van der Waals surface area contributed by atoms with Gasteiger partial charge < -0.3 is 9.84 Å². The summed E-state index contributed by atoms with van der Waals surface area (Å²) in [5, 5.41) is 10.4. The zero-order valence-corrected chi connectivity index (χ0v) is 16.9. The first kappa shape index (κ1) is 21.4. The standard InChI is InChI=1S/C23H32O4/c1-23(2,3)17-13-11-16(12-14-17)22-18(19(24)15-20(22)25)9-7-5-6-8-10-21(26)27-4/h5,7,11-14,18,20,22,25H,6,8-10,15H2,1-4H3/t18-,20+,22+/m0/s1. The quantitative estimate of drug-likeness (QED) is 0.440. The molecular formula is C23H32O4. The smallest absolute Gasteiger partial charge is 0.305 e. The van der Waals surface area contributed by atoms with Crippen molar-refractivity contribution in [2.24, 2.45) is 5.92 Å². The molecule has 1 aromatic carbocycles. The molecule has 0 bridgehead atoms. The minimum Gasteiger partial charge on any atom is -0.469 e. The summed E-state index contributed by atoms with van der Waals surface area (Å²) in [5.41, 5.74) is 2.35. The predicted octanol–water partition coefficient (Wildman–Crippen LogP) is 4.31. The number of carbonyl (C=O) groups is 2. The van der Waals surface area contributed by atoms with Crippen LogP contribution in [0.15, 0.2) is 36.4 Å². The first-order valence-corrected chi connectivity index (χ1v) is 9.77. The Balaban J connectivity index is 2.00. The van der Waals surface area contributed by atoms with E-state index in [0.29, 0.717) is 12.8 Å². The summed E-state index contributed by atoms with van der Waals surface area (Å²) in [7, 11) is 1.39. The van der Waals surface area contributed by atoms with Crippen molar-refractivity contribution in [2.45, 2.75) is 70.3 Å². The highest BCUT2D eigenvalue weighted by atomic mass is 16.5. The molecule has 0 unspecified atom stereocenters. The van der Waals surface area contributed by atoms with Crippen LogP contribution in [0.5, 0.6) is 0 Å². The molecule has 3 atom stereocenters. The molecule has 0 amide bonds. The van der Waals surface area contributed by atoms with Crippen LogP contribution >= 0.6 is 0 Å². The second-order valence-corrected chi connectivity index (χ2v) is 8.42. The number of carbonyl (C=O) groups excluding carboxylic acids is 2. The van der Waals surface area contributed by atoms with Gasteiger partial charge in [-0.3, -0.25) is 9.59 Å². The zero-order chi connectivity index (χ0) is 20.0. The second-order valence-electron chi connectivity index (χ2n) is 8.42. The predicted molar refractivity (Wildman–Crippen MR) is 107 cm³/mol. The van der Waals surface area contributed by atoms with Crippen LogP contribution in [-0.2, 0) is 19.7 Å². The van der Waals surface area contributed by atoms with E-state index in [2.05, 4.69) is 49.8 Å². The summed E-state index contributed by atoms with van der Waals surface area (Å²) < 4.78 is 4.62. The maximum Gasteiger partial charge on any atom is 0.305 e. The molecule has 1 N–H and O–H groups in total. The Kier molecular flexibility index (Phi) is 7.37. The third kappa shape index (κ3) is 5.77. The average Bonchev–Trinajstić information content (AvgIpc) is 2.90. The van der Waals surface area contributed by atoms with E-state index in [-0.39, 0.29) is 35.4 Å². The molecule has 4 nitrogen and oxygen atoms in total. The van der Waals surface area contributed by atoms with E-state index in [0.717, 1.165) is 18.4 Å². The Morgan fingerprint density at radius 2 is 1.89 bits per heavy atom. The van der Waals surface area contributed by atoms with Gasteiger partial charge in [-0.15, -0.1) is 0 Å². The van der Waals surface area contributed by atoms with Gasteiger partial charge in [-0.25, -0.2) is 0 Å². The molecule has 0 aromatic heterocycles. The molecule has 0 radical (unpaired) electrons. The van der Waals surface area contributed by atoms with Gasteiger partial charge in [0.25, 0.3) is 0 Å². The minimum absolute atomic E-state index is 0.0784. The van der Waals surface area contributed by atoms with Crippen LogP contribution in [0.3, 0.4) is 0 Å². The number of aliphatic hydroxyl groups is 1. The molecule has 1 aromatic rings. The lowest BCUT2D eigenvalue weighted by molar-refractivity contribution is -0.140. The maximum atomic E-state index is 12.4. The van der Waals surface area contributed by atoms with Crippen LogP contribution in [0.1, 0.15) is 69.9 Å². The molecular weight excluding hydrogens is 340 g/mol. The molecule has 27 heavy (non-hydrogen) atoms. The normalized spacial score (nSPS) is 23.1. The molecule has 148 valence electrons. The highest BCUT2D eigenvalue weighted by Gasteiger charge is 2.41. The van der Waals surface area contributed by atoms with E-state index in [4.69, 9.17) is 0 Å². The van der Waals surface area contributed by atoms with Gasteiger partial charge in [-0.2, -0.15) is 0 Å². The van der Waals surface area contributed by atoms with Crippen molar-refractivity contribution < 1.29 is 19.4 Å². The molecule has 4 heteroatoms. The summed E-state index contributed by atoms with van der Waals surface area (Å²) in [6, 6.07) is 8.31. The Labute approximate surface area is 162 Å². The minimum atomic E-state index is -0.615. The molecule has 1 fully saturated rings. The van der Waals surface area contributed by atoms with Crippen molar-refractivity contribution >= 4 is 11.8 Å². The summed E-state index contributed by atoms with van der Waals surface area (Å²) >= 11 is 0. The fraction of sp³-hybridized carbons (Fsp3) is 0.565. The average molecular weight is 373 g/mol. The lowest BCUT2D eigenvalue weighted by Crippen LogP contribution is -2.19. The van der Waals surface area contributed by atoms with Gasteiger partial charge in [0.15, 0.2) is 0 Å². The van der Waals surface area contributed by atoms with Crippen molar-refractivity contribution in [3.05, 3.63) is 47.5 Å². The highest BCUT2D eigenvalue weighted by molar-refractivity contribution is 5.85. The first-order chi connectivity index (χ1) is 12.7. The number of hydrogen-bond donors (Lipinski definition) is 1. The van der Waals surface area contributed by atoms with Crippen molar-refractivity contribution in [3.63, 3.8) is 0 Å². The number of ketones is 1. The molecule has 1 aliphatic rings. The largest absolute Gasteiger partial charge is 0.469 e. The van der Waals surface area contributed by atoms with Crippen LogP contribution in [-0.4, -0.2) is 30.1 Å². The summed E-state index contributed by atoms with van der Waals surface area (Å²) in [6.45, 7) is 6.51. The number of methoxy groups -OCH3 is 1. The highest BCUT2D eigenvalue weighted by Crippen LogP contribution is 2.40. The number of rotatable bonds is 7. The fourth-order valence-corrected chi connectivity index (χ4v) is 3.72. The van der Waals surface area contributed by atoms with Crippen molar-refractivity contribution in [2.75, 3.05) is 7.11 Å². The van der Waals surface area contributed by atoms with Gasteiger partial charge in [0.05, 0.1) is 13.2 Å². The lowest BCUT2D eigenvalue weighted by atomic mass is 9.82. The number of esters is 1. The maximum absolute atomic E-state index is 12.4. The van der Waals surface area contributed by atoms with Crippen molar-refractivity contribution in [1.29, 1.82) is 0 Å². The monoisotopic (exact) mass is 372 g/mol. The zero-order valence-electron chi connectivity index (χ0n) is 16.9. The van der Waals surface area contributed by atoms with E-state index in [1.165, 1.54) is 12.7 Å².